The average Bonchev–Trinajstić information content (AvgIpc) is 2.27. The summed E-state index contributed by atoms with van der Waals surface area (Å²) < 4.78 is 0. The molecule has 0 bridgehead atoms. The fourth-order valence-electron chi connectivity index (χ4n) is 1.56. The molecule has 5 heteroatoms. The third-order valence-electron chi connectivity index (χ3n) is 2.36. The molecule has 2 amide bonds. The Kier molecular flexibility index (Phi) is 4.44. The molecule has 0 radical (unpaired) electrons. The lowest BCUT2D eigenvalue weighted by atomic mass is 9.83. The molecule has 0 aromatic heterocycles. The Bertz CT molecular complexity index is 450. The molecule has 0 aliphatic carbocycles. The van der Waals surface area contributed by atoms with Crippen LogP contribution in [0.5, 0.6) is 0 Å². The van der Waals surface area contributed by atoms with E-state index in [1.165, 1.54) is 0 Å². The zero-order valence-electron chi connectivity index (χ0n) is 10.8. The molecule has 0 heterocycles. The maximum absolute atomic E-state index is 11.9. The molecule has 1 aromatic rings. The van der Waals surface area contributed by atoms with E-state index in [9.17, 15) is 9.59 Å². The topological polar surface area (TPSA) is 81.4 Å². The monoisotopic (exact) mass is 250 g/mol. The standard InChI is InChI=1S/C13H18N2O3/c1-13(2,3)10-7-5-4-6-9(10)12(17)15-18-8-11(14)16/h4-7H,8H2,1-3H3,(H2,14,16)(H,15,17). The van der Waals surface area contributed by atoms with Crippen LogP contribution < -0.4 is 11.2 Å². The molecule has 0 aliphatic heterocycles. The Morgan fingerprint density at radius 3 is 2.44 bits per heavy atom. The van der Waals surface area contributed by atoms with Crippen LogP contribution in [0.15, 0.2) is 24.3 Å². The van der Waals surface area contributed by atoms with Gasteiger partial charge in [0.2, 0.25) is 5.91 Å². The number of hydrogen-bond acceptors (Lipinski definition) is 3. The van der Waals surface area contributed by atoms with Gasteiger partial charge in [0.25, 0.3) is 5.91 Å². The number of nitrogens with two attached hydrogens (primary N) is 1. The van der Waals surface area contributed by atoms with E-state index in [4.69, 9.17) is 10.6 Å². The highest BCUT2D eigenvalue weighted by Gasteiger charge is 2.21. The zero-order chi connectivity index (χ0) is 13.8. The first-order valence-corrected chi connectivity index (χ1v) is 5.62. The van der Waals surface area contributed by atoms with E-state index in [0.717, 1.165) is 5.56 Å². The summed E-state index contributed by atoms with van der Waals surface area (Å²) in [6.07, 6.45) is 0. The van der Waals surface area contributed by atoms with E-state index in [2.05, 4.69) is 5.48 Å². The molecule has 0 spiro atoms. The molecular weight excluding hydrogens is 232 g/mol. The minimum Gasteiger partial charge on any atom is -0.368 e. The quantitative estimate of drug-likeness (QED) is 0.786. The van der Waals surface area contributed by atoms with Gasteiger partial charge in [0, 0.05) is 5.56 Å². The highest BCUT2D eigenvalue weighted by atomic mass is 16.7. The van der Waals surface area contributed by atoms with Crippen LogP contribution in [0.2, 0.25) is 0 Å². The smallest absolute Gasteiger partial charge is 0.275 e. The SMILES string of the molecule is CC(C)(C)c1ccccc1C(=O)NOCC(N)=O. The molecule has 0 fully saturated rings. The van der Waals surface area contributed by atoms with Crippen LogP contribution in [0.3, 0.4) is 0 Å². The Morgan fingerprint density at radius 1 is 1.28 bits per heavy atom. The molecule has 1 rings (SSSR count). The van der Waals surface area contributed by atoms with Gasteiger partial charge in [-0.2, -0.15) is 0 Å². The molecule has 0 aliphatic rings. The van der Waals surface area contributed by atoms with Crippen molar-refractivity contribution in [3.05, 3.63) is 35.4 Å². The van der Waals surface area contributed by atoms with Gasteiger partial charge >= 0.3 is 0 Å². The van der Waals surface area contributed by atoms with Gasteiger partial charge in [-0.15, -0.1) is 0 Å². The van der Waals surface area contributed by atoms with Crippen LogP contribution in [0.4, 0.5) is 0 Å². The molecule has 1 aromatic carbocycles. The maximum atomic E-state index is 11.9. The number of hydroxylamine groups is 1. The van der Waals surface area contributed by atoms with Crippen LogP contribution in [0, 0.1) is 0 Å². The van der Waals surface area contributed by atoms with Crippen LogP contribution in [0.1, 0.15) is 36.7 Å². The van der Waals surface area contributed by atoms with Gasteiger partial charge in [-0.1, -0.05) is 39.0 Å². The van der Waals surface area contributed by atoms with Gasteiger partial charge in [0.15, 0.2) is 6.61 Å². The lowest BCUT2D eigenvalue weighted by Crippen LogP contribution is -2.31. The van der Waals surface area contributed by atoms with Crippen molar-refractivity contribution in [2.75, 3.05) is 6.61 Å². The normalized spacial score (nSPS) is 11.1. The van der Waals surface area contributed by atoms with E-state index >= 15 is 0 Å². The van der Waals surface area contributed by atoms with E-state index in [1.807, 2.05) is 32.9 Å². The number of primary amides is 1. The third kappa shape index (κ3) is 3.85. The first-order chi connectivity index (χ1) is 8.32. The molecule has 98 valence electrons. The fourth-order valence-corrected chi connectivity index (χ4v) is 1.56. The fraction of sp³-hybridized carbons (Fsp3) is 0.385. The minimum absolute atomic E-state index is 0.155. The zero-order valence-corrected chi connectivity index (χ0v) is 10.8. The van der Waals surface area contributed by atoms with E-state index in [0.29, 0.717) is 5.56 Å². The summed E-state index contributed by atoms with van der Waals surface area (Å²) in [4.78, 5) is 27.1. The third-order valence-corrected chi connectivity index (χ3v) is 2.36. The van der Waals surface area contributed by atoms with Crippen molar-refractivity contribution in [3.8, 4) is 0 Å². The minimum atomic E-state index is -0.639. The van der Waals surface area contributed by atoms with Crippen molar-refractivity contribution in [2.45, 2.75) is 26.2 Å². The summed E-state index contributed by atoms with van der Waals surface area (Å²) in [5, 5.41) is 0. The highest BCUT2D eigenvalue weighted by molar-refractivity contribution is 5.95. The van der Waals surface area contributed by atoms with Gasteiger partial charge in [-0.05, 0) is 17.0 Å². The summed E-state index contributed by atoms with van der Waals surface area (Å²) in [6, 6.07) is 7.26. The van der Waals surface area contributed by atoms with Crippen molar-refractivity contribution in [1.29, 1.82) is 0 Å². The Morgan fingerprint density at radius 2 is 1.89 bits per heavy atom. The van der Waals surface area contributed by atoms with Gasteiger partial charge in [-0.3, -0.25) is 14.4 Å². The van der Waals surface area contributed by atoms with Crippen LogP contribution in [-0.4, -0.2) is 18.4 Å². The second-order valence-electron chi connectivity index (χ2n) is 4.98. The summed E-state index contributed by atoms with van der Waals surface area (Å²) >= 11 is 0. The molecule has 18 heavy (non-hydrogen) atoms. The van der Waals surface area contributed by atoms with Gasteiger partial charge in [0.1, 0.15) is 0 Å². The second-order valence-corrected chi connectivity index (χ2v) is 4.98. The molecule has 0 saturated carbocycles. The Balaban J connectivity index is 2.83. The first kappa shape index (κ1) is 14.2. The number of amides is 2. The number of carbonyl (C=O) groups is 2. The summed E-state index contributed by atoms with van der Waals surface area (Å²) in [5.74, 6) is -1.03. The highest BCUT2D eigenvalue weighted by Crippen LogP contribution is 2.25. The van der Waals surface area contributed by atoms with E-state index in [1.54, 1.807) is 12.1 Å². The Hall–Kier alpha value is -1.88. The molecular formula is C13H18N2O3. The molecule has 5 nitrogen and oxygen atoms in total. The second kappa shape index (κ2) is 5.64. The number of hydrogen-bond donors (Lipinski definition) is 2. The van der Waals surface area contributed by atoms with Crippen LogP contribution >= 0.6 is 0 Å². The predicted octanol–water partition coefficient (Wildman–Crippen LogP) is 1.13. The summed E-state index contributed by atoms with van der Waals surface area (Å²) in [6.45, 7) is 5.71. The van der Waals surface area contributed by atoms with Crippen LogP contribution in [-0.2, 0) is 15.0 Å². The van der Waals surface area contributed by atoms with Gasteiger partial charge in [-0.25, -0.2) is 5.48 Å². The maximum Gasteiger partial charge on any atom is 0.275 e. The van der Waals surface area contributed by atoms with Crippen molar-refractivity contribution >= 4 is 11.8 Å². The van der Waals surface area contributed by atoms with E-state index in [-0.39, 0.29) is 17.9 Å². The van der Waals surface area contributed by atoms with Gasteiger partial charge < -0.3 is 5.73 Å². The number of carbonyl (C=O) groups excluding carboxylic acids is 2. The van der Waals surface area contributed by atoms with Crippen molar-refractivity contribution in [1.82, 2.24) is 5.48 Å². The lowest BCUT2D eigenvalue weighted by molar-refractivity contribution is -0.124. The summed E-state index contributed by atoms with van der Waals surface area (Å²) in [7, 11) is 0. The molecule has 0 atom stereocenters. The molecule has 3 N–H and O–H groups in total. The largest absolute Gasteiger partial charge is 0.368 e. The predicted molar refractivity (Wildman–Crippen MR) is 67.8 cm³/mol. The molecule has 0 saturated heterocycles. The van der Waals surface area contributed by atoms with Crippen molar-refractivity contribution in [3.63, 3.8) is 0 Å². The molecule has 0 unspecified atom stereocenters. The Labute approximate surface area is 106 Å². The number of nitrogens with one attached hydrogen (secondary N) is 1. The average molecular weight is 250 g/mol. The lowest BCUT2D eigenvalue weighted by Gasteiger charge is -2.22. The summed E-state index contributed by atoms with van der Waals surface area (Å²) in [5.41, 5.74) is 8.38. The van der Waals surface area contributed by atoms with Crippen molar-refractivity contribution in [2.24, 2.45) is 5.73 Å². The first-order valence-electron chi connectivity index (χ1n) is 5.62. The van der Waals surface area contributed by atoms with Gasteiger partial charge in [0.05, 0.1) is 0 Å². The van der Waals surface area contributed by atoms with Crippen LogP contribution in [0.25, 0.3) is 0 Å². The number of rotatable bonds is 4. The van der Waals surface area contributed by atoms with E-state index < -0.39 is 5.91 Å². The number of benzene rings is 1. The van der Waals surface area contributed by atoms with Crippen molar-refractivity contribution < 1.29 is 14.4 Å².